The number of benzene rings is 1. The van der Waals surface area contributed by atoms with Gasteiger partial charge in [-0.3, -0.25) is 9.69 Å². The minimum atomic E-state index is 0.171. The third-order valence-electron chi connectivity index (χ3n) is 5.82. The van der Waals surface area contributed by atoms with Gasteiger partial charge in [0.1, 0.15) is 5.78 Å². The number of ketones is 1. The maximum absolute atomic E-state index is 12.6. The lowest BCUT2D eigenvalue weighted by Gasteiger charge is -2.42. The lowest BCUT2D eigenvalue weighted by molar-refractivity contribution is -0.126. The molecular formula is C20H27NO. The molecule has 1 aromatic carbocycles. The molecule has 2 aliphatic rings. The van der Waals surface area contributed by atoms with Crippen LogP contribution < -0.4 is 0 Å². The molecule has 22 heavy (non-hydrogen) atoms. The first kappa shape index (κ1) is 15.5. The molecule has 118 valence electrons. The van der Waals surface area contributed by atoms with Gasteiger partial charge in [0.05, 0.1) is 0 Å². The number of fused-ring (bicyclic) bond motifs is 2. The van der Waals surface area contributed by atoms with Crippen LogP contribution in [0, 0.1) is 5.92 Å². The van der Waals surface area contributed by atoms with Gasteiger partial charge in [-0.1, -0.05) is 43.3 Å². The van der Waals surface area contributed by atoms with E-state index in [4.69, 9.17) is 0 Å². The van der Waals surface area contributed by atoms with Gasteiger partial charge in [0, 0.05) is 24.4 Å². The molecular weight excluding hydrogens is 270 g/mol. The zero-order valence-corrected chi connectivity index (χ0v) is 14.0. The van der Waals surface area contributed by atoms with E-state index in [1.807, 2.05) is 13.8 Å². The average Bonchev–Trinajstić information content (AvgIpc) is 2.76. The molecule has 0 aliphatic carbocycles. The third-order valence-corrected chi connectivity index (χ3v) is 5.82. The van der Waals surface area contributed by atoms with E-state index in [9.17, 15) is 4.79 Å². The van der Waals surface area contributed by atoms with Crippen LogP contribution in [0.15, 0.2) is 30.8 Å². The van der Waals surface area contributed by atoms with Crippen molar-refractivity contribution in [1.29, 1.82) is 0 Å². The quantitative estimate of drug-likeness (QED) is 0.827. The van der Waals surface area contributed by atoms with Crippen LogP contribution in [0.5, 0.6) is 0 Å². The van der Waals surface area contributed by atoms with Crippen molar-refractivity contribution in [2.24, 2.45) is 5.92 Å². The molecule has 2 aliphatic heterocycles. The molecule has 2 heterocycles. The first-order valence-electron chi connectivity index (χ1n) is 8.53. The summed E-state index contributed by atoms with van der Waals surface area (Å²) < 4.78 is 0. The summed E-state index contributed by atoms with van der Waals surface area (Å²) in [5, 5.41) is 0. The molecule has 0 radical (unpaired) electrons. The average molecular weight is 297 g/mol. The largest absolute Gasteiger partial charge is 0.300 e. The Labute approximate surface area is 134 Å². The van der Waals surface area contributed by atoms with E-state index < -0.39 is 0 Å². The second kappa shape index (κ2) is 6.00. The van der Waals surface area contributed by atoms with Crippen LogP contribution in [0.25, 0.3) is 5.57 Å². The Balaban J connectivity index is 1.93. The fourth-order valence-electron chi connectivity index (χ4n) is 4.50. The SMILES string of the molecule is C=C(C)c1ccc([C@H]2CC3CCC([C@H]2C(=O)CC)N3C)cc1. The van der Waals surface area contributed by atoms with E-state index in [-0.39, 0.29) is 5.92 Å². The van der Waals surface area contributed by atoms with E-state index in [0.29, 0.717) is 30.2 Å². The van der Waals surface area contributed by atoms with Crippen molar-refractivity contribution in [2.75, 3.05) is 7.05 Å². The molecule has 1 aromatic rings. The van der Waals surface area contributed by atoms with Crippen molar-refractivity contribution in [1.82, 2.24) is 4.90 Å². The number of hydrogen-bond donors (Lipinski definition) is 0. The zero-order chi connectivity index (χ0) is 15.9. The molecule has 0 N–H and O–H groups in total. The van der Waals surface area contributed by atoms with E-state index in [1.165, 1.54) is 24.0 Å². The standard InChI is InChI=1S/C20H27NO/c1-5-19(22)20-17(12-16-10-11-18(20)21(16)4)15-8-6-14(7-9-15)13(2)3/h6-9,16-18,20H,2,5,10-12H2,1,3-4H3/t16?,17-,18?,20+/m1/s1. The number of nitrogens with zero attached hydrogens (tertiary/aromatic N) is 1. The Morgan fingerprint density at radius 3 is 2.55 bits per heavy atom. The van der Waals surface area contributed by atoms with Crippen molar-refractivity contribution in [2.45, 2.75) is 57.5 Å². The molecule has 2 nitrogen and oxygen atoms in total. The summed E-state index contributed by atoms with van der Waals surface area (Å²) in [6, 6.07) is 9.84. The van der Waals surface area contributed by atoms with E-state index in [0.717, 1.165) is 12.0 Å². The minimum Gasteiger partial charge on any atom is -0.300 e. The number of carbonyl (C=O) groups excluding carboxylic acids is 1. The lowest BCUT2D eigenvalue weighted by Crippen LogP contribution is -2.48. The van der Waals surface area contributed by atoms with Gasteiger partial charge in [-0.2, -0.15) is 0 Å². The predicted molar refractivity (Wildman–Crippen MR) is 91.9 cm³/mol. The van der Waals surface area contributed by atoms with Gasteiger partial charge in [-0.15, -0.1) is 0 Å². The van der Waals surface area contributed by atoms with Gasteiger partial charge in [0.2, 0.25) is 0 Å². The van der Waals surface area contributed by atoms with Crippen LogP contribution in [0.4, 0.5) is 0 Å². The first-order chi connectivity index (χ1) is 10.5. The second-order valence-corrected chi connectivity index (χ2v) is 7.05. The Kier molecular flexibility index (Phi) is 4.22. The van der Waals surface area contributed by atoms with Crippen molar-refractivity contribution < 1.29 is 4.79 Å². The zero-order valence-electron chi connectivity index (χ0n) is 14.0. The summed E-state index contributed by atoms with van der Waals surface area (Å²) >= 11 is 0. The van der Waals surface area contributed by atoms with Gasteiger partial charge < -0.3 is 0 Å². The molecule has 0 amide bonds. The molecule has 3 rings (SSSR count). The predicted octanol–water partition coefficient (Wildman–Crippen LogP) is 4.27. The molecule has 0 saturated carbocycles. The smallest absolute Gasteiger partial charge is 0.137 e. The third kappa shape index (κ3) is 2.54. The van der Waals surface area contributed by atoms with Crippen molar-refractivity contribution in [3.63, 3.8) is 0 Å². The Bertz CT molecular complexity index is 574. The van der Waals surface area contributed by atoms with Crippen molar-refractivity contribution in [3.8, 4) is 0 Å². The molecule has 2 fully saturated rings. The van der Waals surface area contributed by atoms with E-state index in [2.05, 4.69) is 42.8 Å². The molecule has 2 unspecified atom stereocenters. The summed E-state index contributed by atoms with van der Waals surface area (Å²) in [7, 11) is 2.21. The number of carbonyl (C=O) groups is 1. The second-order valence-electron chi connectivity index (χ2n) is 7.05. The molecule has 2 bridgehead atoms. The fourth-order valence-corrected chi connectivity index (χ4v) is 4.50. The van der Waals surface area contributed by atoms with Crippen LogP contribution >= 0.6 is 0 Å². The Morgan fingerprint density at radius 1 is 1.27 bits per heavy atom. The Hall–Kier alpha value is -1.41. The lowest BCUT2D eigenvalue weighted by atomic mass is 9.73. The number of allylic oxidation sites excluding steroid dienone is 1. The van der Waals surface area contributed by atoms with Gasteiger partial charge in [0.15, 0.2) is 0 Å². The summed E-state index contributed by atoms with van der Waals surface area (Å²) in [5.74, 6) is 0.996. The molecule has 4 atom stereocenters. The van der Waals surface area contributed by atoms with Crippen LogP contribution in [0.1, 0.15) is 56.6 Å². The monoisotopic (exact) mass is 297 g/mol. The minimum absolute atomic E-state index is 0.171. The van der Waals surface area contributed by atoms with Crippen LogP contribution in [-0.4, -0.2) is 29.8 Å². The highest BCUT2D eigenvalue weighted by atomic mass is 16.1. The van der Waals surface area contributed by atoms with Crippen LogP contribution in [0.2, 0.25) is 0 Å². The van der Waals surface area contributed by atoms with Gasteiger partial charge in [-0.25, -0.2) is 0 Å². The van der Waals surface area contributed by atoms with Gasteiger partial charge >= 0.3 is 0 Å². The fraction of sp³-hybridized carbons (Fsp3) is 0.550. The number of piperidine rings is 1. The van der Waals surface area contributed by atoms with Gasteiger partial charge in [0.25, 0.3) is 0 Å². The number of rotatable bonds is 4. The molecule has 2 heteroatoms. The number of hydrogen-bond acceptors (Lipinski definition) is 2. The maximum atomic E-state index is 12.6. The highest BCUT2D eigenvalue weighted by molar-refractivity contribution is 5.82. The topological polar surface area (TPSA) is 20.3 Å². The van der Waals surface area contributed by atoms with Crippen molar-refractivity contribution >= 4 is 11.4 Å². The summed E-state index contributed by atoms with van der Waals surface area (Å²) in [5.41, 5.74) is 3.62. The Morgan fingerprint density at radius 2 is 1.95 bits per heavy atom. The van der Waals surface area contributed by atoms with Crippen LogP contribution in [0.3, 0.4) is 0 Å². The van der Waals surface area contributed by atoms with Crippen molar-refractivity contribution in [3.05, 3.63) is 42.0 Å². The molecule has 0 spiro atoms. The highest BCUT2D eigenvalue weighted by Crippen LogP contribution is 2.46. The van der Waals surface area contributed by atoms with Gasteiger partial charge in [-0.05, 0) is 50.3 Å². The first-order valence-corrected chi connectivity index (χ1v) is 8.53. The van der Waals surface area contributed by atoms with E-state index >= 15 is 0 Å². The maximum Gasteiger partial charge on any atom is 0.137 e. The summed E-state index contributed by atoms with van der Waals surface area (Å²) in [4.78, 5) is 15.1. The van der Waals surface area contributed by atoms with E-state index in [1.54, 1.807) is 0 Å². The van der Waals surface area contributed by atoms with Crippen LogP contribution in [-0.2, 0) is 4.79 Å². The normalized spacial score (nSPS) is 31.2. The summed E-state index contributed by atoms with van der Waals surface area (Å²) in [6.45, 7) is 8.05. The molecule has 0 aromatic heterocycles. The number of Topliss-reactive ketones (excluding diaryl/α,β-unsaturated/α-hetero) is 1. The molecule has 2 saturated heterocycles. The summed E-state index contributed by atoms with van der Waals surface area (Å²) in [6.07, 6.45) is 4.20. The highest BCUT2D eigenvalue weighted by Gasteiger charge is 2.48.